The third-order valence-corrected chi connectivity index (χ3v) is 2.87. The molecular weight excluding hydrogens is 218 g/mol. The number of carbonyl (C=O) groups is 1. The van der Waals surface area contributed by atoms with E-state index in [0.717, 1.165) is 19.4 Å². The number of hydrogen-bond donors (Lipinski definition) is 2. The second-order valence-corrected chi connectivity index (χ2v) is 4.12. The highest BCUT2D eigenvalue weighted by Crippen LogP contribution is 2.22. The van der Waals surface area contributed by atoms with Gasteiger partial charge in [0.25, 0.3) is 0 Å². The lowest BCUT2D eigenvalue weighted by molar-refractivity contribution is -0.116. The highest BCUT2D eigenvalue weighted by molar-refractivity contribution is 5.92. The van der Waals surface area contributed by atoms with Gasteiger partial charge in [0.2, 0.25) is 5.91 Å². The summed E-state index contributed by atoms with van der Waals surface area (Å²) in [4.78, 5) is 15.8. The lowest BCUT2D eigenvalue weighted by Crippen LogP contribution is -2.27. The molecule has 1 saturated heterocycles. The van der Waals surface area contributed by atoms with E-state index in [-0.39, 0.29) is 5.91 Å². The molecule has 1 amide bonds. The molecule has 1 aliphatic heterocycles. The fourth-order valence-electron chi connectivity index (χ4n) is 2.01. The van der Waals surface area contributed by atoms with E-state index in [4.69, 9.17) is 4.74 Å². The highest BCUT2D eigenvalue weighted by Gasteiger charge is 2.18. The van der Waals surface area contributed by atoms with Gasteiger partial charge < -0.3 is 15.4 Å². The average Bonchev–Trinajstić information content (AvgIpc) is 2.82. The summed E-state index contributed by atoms with van der Waals surface area (Å²) in [5.74, 6) is 0.628. The standard InChI is InChI=1S/C12H17N3O2/c1-17-11-4-6-13-8-10(11)15-12(16)7-9-3-2-5-14-9/h4,6,8-9,14H,2-3,5,7H2,1H3,(H,15,16). The summed E-state index contributed by atoms with van der Waals surface area (Å²) in [6, 6.07) is 2.03. The Morgan fingerprint density at radius 1 is 1.71 bits per heavy atom. The molecule has 2 rings (SSSR count). The fourth-order valence-corrected chi connectivity index (χ4v) is 2.01. The van der Waals surface area contributed by atoms with Crippen molar-refractivity contribution in [1.82, 2.24) is 10.3 Å². The number of amides is 1. The van der Waals surface area contributed by atoms with Crippen LogP contribution in [0.2, 0.25) is 0 Å². The van der Waals surface area contributed by atoms with Crippen LogP contribution in [0.1, 0.15) is 19.3 Å². The highest BCUT2D eigenvalue weighted by atomic mass is 16.5. The Kier molecular flexibility index (Phi) is 3.93. The number of hydrogen-bond acceptors (Lipinski definition) is 4. The average molecular weight is 235 g/mol. The van der Waals surface area contributed by atoms with Crippen LogP contribution in [-0.2, 0) is 4.79 Å². The Morgan fingerprint density at radius 3 is 3.29 bits per heavy atom. The van der Waals surface area contributed by atoms with E-state index in [0.29, 0.717) is 23.9 Å². The van der Waals surface area contributed by atoms with Crippen LogP contribution in [0.25, 0.3) is 0 Å². The fraction of sp³-hybridized carbons (Fsp3) is 0.500. The summed E-state index contributed by atoms with van der Waals surface area (Å²) in [5.41, 5.74) is 0.623. The molecule has 0 aromatic carbocycles. The molecule has 1 aromatic rings. The molecule has 5 nitrogen and oxygen atoms in total. The zero-order chi connectivity index (χ0) is 12.1. The molecular formula is C12H17N3O2. The number of aromatic nitrogens is 1. The molecule has 1 unspecified atom stereocenters. The van der Waals surface area contributed by atoms with E-state index in [1.807, 2.05) is 0 Å². The smallest absolute Gasteiger partial charge is 0.226 e. The Balaban J connectivity index is 1.92. The predicted molar refractivity (Wildman–Crippen MR) is 65.1 cm³/mol. The molecule has 92 valence electrons. The maximum atomic E-state index is 11.8. The summed E-state index contributed by atoms with van der Waals surface area (Å²) >= 11 is 0. The first kappa shape index (κ1) is 11.9. The van der Waals surface area contributed by atoms with Crippen molar-refractivity contribution in [3.63, 3.8) is 0 Å². The molecule has 1 aromatic heterocycles. The van der Waals surface area contributed by atoms with E-state index < -0.39 is 0 Å². The quantitative estimate of drug-likeness (QED) is 0.822. The Hall–Kier alpha value is -1.62. The molecule has 1 aliphatic rings. The van der Waals surface area contributed by atoms with Crippen LogP contribution in [0.5, 0.6) is 5.75 Å². The van der Waals surface area contributed by atoms with Gasteiger partial charge in [-0.2, -0.15) is 0 Å². The van der Waals surface area contributed by atoms with Crippen molar-refractivity contribution in [2.24, 2.45) is 0 Å². The minimum absolute atomic E-state index is 0.00398. The van der Waals surface area contributed by atoms with Crippen molar-refractivity contribution in [3.05, 3.63) is 18.5 Å². The Labute approximate surface area is 101 Å². The monoisotopic (exact) mass is 235 g/mol. The minimum Gasteiger partial charge on any atom is -0.494 e. The lowest BCUT2D eigenvalue weighted by atomic mass is 10.1. The normalized spacial score (nSPS) is 19.0. The van der Waals surface area contributed by atoms with Crippen molar-refractivity contribution < 1.29 is 9.53 Å². The summed E-state index contributed by atoms with van der Waals surface area (Å²) in [6.07, 6.45) is 5.94. The van der Waals surface area contributed by atoms with Crippen molar-refractivity contribution in [1.29, 1.82) is 0 Å². The zero-order valence-corrected chi connectivity index (χ0v) is 9.90. The Morgan fingerprint density at radius 2 is 2.59 bits per heavy atom. The van der Waals surface area contributed by atoms with Crippen LogP contribution in [0.15, 0.2) is 18.5 Å². The van der Waals surface area contributed by atoms with Crippen molar-refractivity contribution in [3.8, 4) is 5.75 Å². The van der Waals surface area contributed by atoms with Gasteiger partial charge in [0, 0.05) is 24.7 Å². The van der Waals surface area contributed by atoms with Crippen molar-refractivity contribution >= 4 is 11.6 Å². The van der Waals surface area contributed by atoms with Gasteiger partial charge in [-0.15, -0.1) is 0 Å². The first-order valence-electron chi connectivity index (χ1n) is 5.81. The molecule has 17 heavy (non-hydrogen) atoms. The van der Waals surface area contributed by atoms with Crippen LogP contribution in [0.4, 0.5) is 5.69 Å². The second kappa shape index (κ2) is 5.63. The van der Waals surface area contributed by atoms with Gasteiger partial charge in [-0.25, -0.2) is 0 Å². The van der Waals surface area contributed by atoms with E-state index >= 15 is 0 Å². The largest absolute Gasteiger partial charge is 0.494 e. The Bertz CT molecular complexity index is 389. The first-order valence-corrected chi connectivity index (χ1v) is 5.81. The molecule has 1 atom stereocenters. The van der Waals surface area contributed by atoms with E-state index in [1.165, 1.54) is 0 Å². The maximum absolute atomic E-state index is 11.8. The molecule has 5 heteroatoms. The molecule has 0 spiro atoms. The molecule has 2 N–H and O–H groups in total. The third-order valence-electron chi connectivity index (χ3n) is 2.87. The number of methoxy groups -OCH3 is 1. The van der Waals surface area contributed by atoms with Crippen LogP contribution in [0.3, 0.4) is 0 Å². The molecule has 1 fully saturated rings. The third kappa shape index (κ3) is 3.17. The predicted octanol–water partition coefficient (Wildman–Crippen LogP) is 1.17. The van der Waals surface area contributed by atoms with Gasteiger partial charge in [0.05, 0.1) is 13.3 Å². The van der Waals surface area contributed by atoms with Crippen molar-refractivity contribution in [2.45, 2.75) is 25.3 Å². The maximum Gasteiger partial charge on any atom is 0.226 e. The number of ether oxygens (including phenoxy) is 1. The topological polar surface area (TPSA) is 63.2 Å². The van der Waals surface area contributed by atoms with Gasteiger partial charge in [-0.1, -0.05) is 0 Å². The van der Waals surface area contributed by atoms with E-state index in [9.17, 15) is 4.79 Å². The molecule has 0 radical (unpaired) electrons. The van der Waals surface area contributed by atoms with Gasteiger partial charge in [-0.05, 0) is 19.4 Å². The first-order chi connectivity index (χ1) is 8.29. The van der Waals surface area contributed by atoms with Crippen LogP contribution < -0.4 is 15.4 Å². The van der Waals surface area contributed by atoms with Gasteiger partial charge in [0.1, 0.15) is 11.4 Å². The van der Waals surface area contributed by atoms with Crippen LogP contribution >= 0.6 is 0 Å². The van der Waals surface area contributed by atoms with E-state index in [2.05, 4.69) is 15.6 Å². The molecule has 0 aliphatic carbocycles. The SMILES string of the molecule is COc1ccncc1NC(=O)CC1CCCN1. The number of anilines is 1. The molecule has 0 bridgehead atoms. The van der Waals surface area contributed by atoms with Crippen molar-refractivity contribution in [2.75, 3.05) is 19.0 Å². The van der Waals surface area contributed by atoms with Gasteiger partial charge >= 0.3 is 0 Å². The van der Waals surface area contributed by atoms with Gasteiger partial charge in [0.15, 0.2) is 0 Å². The molecule has 2 heterocycles. The second-order valence-electron chi connectivity index (χ2n) is 4.12. The number of carbonyl (C=O) groups excluding carboxylic acids is 1. The van der Waals surface area contributed by atoms with Crippen LogP contribution in [-0.4, -0.2) is 30.6 Å². The lowest BCUT2D eigenvalue weighted by Gasteiger charge is -2.12. The summed E-state index contributed by atoms with van der Waals surface area (Å²) in [6.45, 7) is 1.01. The summed E-state index contributed by atoms with van der Waals surface area (Å²) < 4.78 is 5.15. The number of nitrogens with one attached hydrogen (secondary N) is 2. The zero-order valence-electron chi connectivity index (χ0n) is 9.90. The van der Waals surface area contributed by atoms with Gasteiger partial charge in [-0.3, -0.25) is 9.78 Å². The summed E-state index contributed by atoms with van der Waals surface area (Å²) in [5, 5.41) is 6.12. The number of nitrogens with zero attached hydrogens (tertiary/aromatic N) is 1. The number of pyridine rings is 1. The van der Waals surface area contributed by atoms with Crippen LogP contribution in [0, 0.1) is 0 Å². The molecule has 0 saturated carbocycles. The van der Waals surface area contributed by atoms with E-state index in [1.54, 1.807) is 25.6 Å². The summed E-state index contributed by atoms with van der Waals surface area (Å²) in [7, 11) is 1.57. The minimum atomic E-state index is -0.00398. The number of rotatable bonds is 4.